The van der Waals surface area contributed by atoms with Crippen molar-refractivity contribution in [2.45, 2.75) is 26.4 Å². The Morgan fingerprint density at radius 2 is 2.25 bits per heavy atom. The molecule has 0 aliphatic heterocycles. The molecule has 1 N–H and O–H groups in total. The predicted molar refractivity (Wildman–Crippen MR) is 48.1 cm³/mol. The van der Waals surface area contributed by atoms with Gasteiger partial charge in [0.2, 0.25) is 0 Å². The van der Waals surface area contributed by atoms with Gasteiger partial charge >= 0.3 is 0 Å². The van der Waals surface area contributed by atoms with Gasteiger partial charge in [-0.2, -0.15) is 0 Å². The third-order valence-electron chi connectivity index (χ3n) is 1.88. The molecule has 0 aliphatic carbocycles. The molecule has 4 heteroatoms. The van der Waals surface area contributed by atoms with Crippen LogP contribution < -0.4 is 0 Å². The molecule has 1 aromatic heterocycles. The highest BCUT2D eigenvalue weighted by molar-refractivity contribution is 6.30. The number of hydrogen-bond donors (Lipinski definition) is 1. The van der Waals surface area contributed by atoms with Crippen LogP contribution in [0.5, 0.6) is 0 Å². The van der Waals surface area contributed by atoms with E-state index < -0.39 is 0 Å². The molecule has 68 valence electrons. The van der Waals surface area contributed by atoms with Crippen LogP contribution in [0.2, 0.25) is 5.15 Å². The van der Waals surface area contributed by atoms with E-state index in [2.05, 4.69) is 11.9 Å². The van der Waals surface area contributed by atoms with E-state index in [9.17, 15) is 0 Å². The van der Waals surface area contributed by atoms with Gasteiger partial charge in [-0.25, -0.2) is 4.98 Å². The molecule has 0 atom stereocenters. The largest absolute Gasteiger partial charge is 0.390 e. The molecule has 0 saturated carbocycles. The molecule has 0 aliphatic rings. The van der Waals surface area contributed by atoms with Crippen LogP contribution in [0.15, 0.2) is 0 Å². The Morgan fingerprint density at radius 3 is 2.67 bits per heavy atom. The molecule has 0 spiro atoms. The number of aromatic nitrogens is 2. The highest BCUT2D eigenvalue weighted by Crippen LogP contribution is 2.16. The summed E-state index contributed by atoms with van der Waals surface area (Å²) in [6.45, 7) is 2.03. The van der Waals surface area contributed by atoms with E-state index in [-0.39, 0.29) is 6.61 Å². The number of aliphatic hydroxyl groups is 1. The molecule has 1 heterocycles. The average Bonchev–Trinajstić information content (AvgIpc) is 2.29. The topological polar surface area (TPSA) is 38.1 Å². The number of imidazole rings is 1. The van der Waals surface area contributed by atoms with E-state index in [0.29, 0.717) is 10.8 Å². The van der Waals surface area contributed by atoms with Crippen molar-refractivity contribution in [3.05, 3.63) is 16.7 Å². The summed E-state index contributed by atoms with van der Waals surface area (Å²) in [4.78, 5) is 4.14. The summed E-state index contributed by atoms with van der Waals surface area (Å²) in [6, 6.07) is 0. The summed E-state index contributed by atoms with van der Waals surface area (Å²) in [5.41, 5.74) is 0.695. The minimum absolute atomic E-state index is 0.0496. The van der Waals surface area contributed by atoms with E-state index in [0.717, 1.165) is 18.7 Å². The van der Waals surface area contributed by atoms with Crippen LogP contribution in [0, 0.1) is 0 Å². The summed E-state index contributed by atoms with van der Waals surface area (Å²) in [5, 5.41) is 9.36. The Bertz CT molecular complexity index is 270. The molecule has 0 aromatic carbocycles. The zero-order chi connectivity index (χ0) is 9.14. The lowest BCUT2D eigenvalue weighted by Gasteiger charge is -2.01. The Labute approximate surface area is 77.0 Å². The van der Waals surface area contributed by atoms with Crippen LogP contribution in [-0.2, 0) is 20.1 Å². The van der Waals surface area contributed by atoms with Gasteiger partial charge in [0.25, 0.3) is 0 Å². The summed E-state index contributed by atoms with van der Waals surface area (Å²) >= 11 is 5.79. The van der Waals surface area contributed by atoms with Gasteiger partial charge in [0.15, 0.2) is 5.15 Å². The third kappa shape index (κ3) is 1.62. The molecule has 0 amide bonds. The van der Waals surface area contributed by atoms with Crippen LogP contribution in [0.3, 0.4) is 0 Å². The third-order valence-corrected chi connectivity index (χ3v) is 2.18. The summed E-state index contributed by atoms with van der Waals surface area (Å²) < 4.78 is 1.85. The number of rotatable bonds is 3. The van der Waals surface area contributed by atoms with Crippen molar-refractivity contribution < 1.29 is 5.11 Å². The van der Waals surface area contributed by atoms with Gasteiger partial charge in [-0.1, -0.05) is 18.5 Å². The minimum atomic E-state index is -0.0496. The van der Waals surface area contributed by atoms with Crippen LogP contribution >= 0.6 is 11.6 Å². The van der Waals surface area contributed by atoms with Crippen LogP contribution in [0.25, 0.3) is 0 Å². The molecule has 0 saturated heterocycles. The van der Waals surface area contributed by atoms with Crippen molar-refractivity contribution in [1.82, 2.24) is 9.55 Å². The lowest BCUT2D eigenvalue weighted by Crippen LogP contribution is -2.01. The maximum atomic E-state index is 8.94. The average molecular weight is 189 g/mol. The maximum absolute atomic E-state index is 8.94. The lowest BCUT2D eigenvalue weighted by atomic mass is 10.3. The highest BCUT2D eigenvalue weighted by atomic mass is 35.5. The number of aliphatic hydroxyl groups excluding tert-OH is 1. The Morgan fingerprint density at radius 1 is 1.58 bits per heavy atom. The molecule has 3 nitrogen and oxygen atoms in total. The monoisotopic (exact) mass is 188 g/mol. The van der Waals surface area contributed by atoms with E-state index in [4.69, 9.17) is 16.7 Å². The fourth-order valence-corrected chi connectivity index (χ4v) is 1.45. The van der Waals surface area contributed by atoms with Crippen molar-refractivity contribution >= 4 is 11.6 Å². The van der Waals surface area contributed by atoms with E-state index in [1.54, 1.807) is 0 Å². The second-order valence-electron chi connectivity index (χ2n) is 2.73. The molecular formula is C8H13ClN2O. The lowest BCUT2D eigenvalue weighted by molar-refractivity contribution is 0.272. The van der Waals surface area contributed by atoms with E-state index in [1.165, 1.54) is 0 Å². The molecular weight excluding hydrogens is 176 g/mol. The van der Waals surface area contributed by atoms with E-state index >= 15 is 0 Å². The first-order valence-corrected chi connectivity index (χ1v) is 4.39. The van der Waals surface area contributed by atoms with Gasteiger partial charge in [-0.3, -0.25) is 0 Å². The van der Waals surface area contributed by atoms with Gasteiger partial charge in [-0.05, 0) is 6.42 Å². The highest BCUT2D eigenvalue weighted by Gasteiger charge is 2.10. The first-order chi connectivity index (χ1) is 5.70. The smallest absolute Gasteiger partial charge is 0.152 e. The Hall–Kier alpha value is -0.540. The molecule has 12 heavy (non-hydrogen) atoms. The zero-order valence-corrected chi connectivity index (χ0v) is 8.10. The predicted octanol–water partition coefficient (Wildman–Crippen LogP) is 1.52. The molecule has 0 bridgehead atoms. The fourth-order valence-electron chi connectivity index (χ4n) is 1.17. The first kappa shape index (κ1) is 9.55. The molecule has 1 aromatic rings. The quantitative estimate of drug-likeness (QED) is 0.781. The number of nitrogens with zero attached hydrogens (tertiary/aromatic N) is 2. The van der Waals surface area contributed by atoms with Crippen LogP contribution in [0.1, 0.15) is 24.9 Å². The maximum Gasteiger partial charge on any atom is 0.152 e. The first-order valence-electron chi connectivity index (χ1n) is 4.01. The number of hydrogen-bond acceptors (Lipinski definition) is 2. The van der Waals surface area contributed by atoms with Gasteiger partial charge in [0.1, 0.15) is 5.82 Å². The standard InChI is InChI=1S/C8H13ClN2O/c1-3-4-7-10-8(9)6(5-12)11(7)2/h12H,3-5H2,1-2H3. The summed E-state index contributed by atoms with van der Waals surface area (Å²) in [5.74, 6) is 0.937. The van der Waals surface area contributed by atoms with Gasteiger partial charge in [0.05, 0.1) is 12.3 Å². The second kappa shape index (κ2) is 3.92. The van der Waals surface area contributed by atoms with Crippen LogP contribution in [0.4, 0.5) is 0 Å². The SMILES string of the molecule is CCCc1nc(Cl)c(CO)n1C. The summed E-state index contributed by atoms with van der Waals surface area (Å²) in [6.07, 6.45) is 1.93. The molecule has 0 fully saturated rings. The van der Waals surface area contributed by atoms with Crippen molar-refractivity contribution in [2.24, 2.45) is 7.05 Å². The van der Waals surface area contributed by atoms with E-state index in [1.807, 2.05) is 11.6 Å². The Balaban J connectivity index is 3.00. The number of halogens is 1. The molecule has 0 radical (unpaired) electrons. The zero-order valence-electron chi connectivity index (χ0n) is 7.34. The van der Waals surface area contributed by atoms with Crippen molar-refractivity contribution in [2.75, 3.05) is 0 Å². The van der Waals surface area contributed by atoms with Gasteiger partial charge in [-0.15, -0.1) is 0 Å². The van der Waals surface area contributed by atoms with Gasteiger partial charge < -0.3 is 9.67 Å². The van der Waals surface area contributed by atoms with Crippen molar-refractivity contribution in [3.63, 3.8) is 0 Å². The van der Waals surface area contributed by atoms with Crippen molar-refractivity contribution in [3.8, 4) is 0 Å². The normalized spacial score (nSPS) is 10.7. The van der Waals surface area contributed by atoms with Crippen LogP contribution in [-0.4, -0.2) is 14.7 Å². The minimum Gasteiger partial charge on any atom is -0.390 e. The summed E-state index contributed by atoms with van der Waals surface area (Å²) in [7, 11) is 1.87. The van der Waals surface area contributed by atoms with Gasteiger partial charge in [0, 0.05) is 13.5 Å². The fraction of sp³-hybridized carbons (Fsp3) is 0.625. The Kier molecular flexibility index (Phi) is 3.12. The van der Waals surface area contributed by atoms with Crippen molar-refractivity contribution in [1.29, 1.82) is 0 Å². The molecule has 1 rings (SSSR count). The molecule has 0 unspecified atom stereocenters. The number of aryl methyl sites for hydroxylation is 1. The second-order valence-corrected chi connectivity index (χ2v) is 3.09.